The topological polar surface area (TPSA) is 39.4 Å². The molecule has 1 aliphatic rings. The van der Waals surface area contributed by atoms with E-state index in [0.717, 1.165) is 18.6 Å². The first-order valence-corrected chi connectivity index (χ1v) is 4.53. The average molecular weight is 180 g/mol. The predicted molar refractivity (Wildman–Crippen MR) is 46.4 cm³/mol. The number of hydrogen-bond donors (Lipinski definition) is 0. The van der Waals surface area contributed by atoms with Crippen LogP contribution in [0.3, 0.4) is 0 Å². The van der Waals surface area contributed by atoms with Crippen LogP contribution in [0.25, 0.3) is 0 Å². The van der Waals surface area contributed by atoms with Crippen LogP contribution in [0.15, 0.2) is 22.8 Å². The fourth-order valence-electron chi connectivity index (χ4n) is 1.53. The van der Waals surface area contributed by atoms with Crippen LogP contribution in [0.5, 0.6) is 0 Å². The second-order valence-electron chi connectivity index (χ2n) is 3.22. The van der Waals surface area contributed by atoms with Crippen molar-refractivity contribution >= 4 is 5.78 Å². The highest BCUT2D eigenvalue weighted by Gasteiger charge is 2.23. The van der Waals surface area contributed by atoms with Gasteiger partial charge in [0.2, 0.25) is 0 Å². The molecular weight excluding hydrogens is 168 g/mol. The minimum absolute atomic E-state index is 0.132. The van der Waals surface area contributed by atoms with Gasteiger partial charge in [0, 0.05) is 6.61 Å². The third kappa shape index (κ3) is 1.98. The molecule has 1 atom stereocenters. The molecule has 0 spiro atoms. The molecule has 3 heteroatoms. The first kappa shape index (κ1) is 8.51. The van der Waals surface area contributed by atoms with Crippen molar-refractivity contribution in [2.75, 3.05) is 6.61 Å². The summed E-state index contributed by atoms with van der Waals surface area (Å²) in [6.45, 7) is 0.717. The number of carbonyl (C=O) groups excluding carboxylic acids is 1. The molecule has 1 aromatic heterocycles. The minimum Gasteiger partial charge on any atom is -0.469 e. The van der Waals surface area contributed by atoms with Crippen molar-refractivity contribution in [2.24, 2.45) is 0 Å². The van der Waals surface area contributed by atoms with Crippen molar-refractivity contribution in [3.8, 4) is 0 Å². The normalized spacial score (nSPS) is 22.0. The summed E-state index contributed by atoms with van der Waals surface area (Å²) in [4.78, 5) is 11.5. The van der Waals surface area contributed by atoms with Crippen LogP contribution in [0, 0.1) is 0 Å². The van der Waals surface area contributed by atoms with Crippen molar-refractivity contribution in [2.45, 2.75) is 25.4 Å². The third-order valence-electron chi connectivity index (χ3n) is 2.22. The van der Waals surface area contributed by atoms with E-state index < -0.39 is 0 Å². The molecule has 0 bridgehead atoms. The van der Waals surface area contributed by atoms with E-state index in [1.54, 1.807) is 12.3 Å². The zero-order chi connectivity index (χ0) is 9.10. The van der Waals surface area contributed by atoms with Crippen LogP contribution < -0.4 is 0 Å². The van der Waals surface area contributed by atoms with E-state index in [9.17, 15) is 4.79 Å². The number of Topliss-reactive ketones (excluding diaryl/α,β-unsaturated/α-hetero) is 1. The first-order chi connectivity index (χ1) is 6.36. The number of carbonyl (C=O) groups is 1. The van der Waals surface area contributed by atoms with Gasteiger partial charge in [-0.25, -0.2) is 0 Å². The van der Waals surface area contributed by atoms with Crippen LogP contribution >= 0.6 is 0 Å². The van der Waals surface area contributed by atoms with E-state index in [1.165, 1.54) is 0 Å². The summed E-state index contributed by atoms with van der Waals surface area (Å²) in [5.74, 6) is 0.855. The molecule has 1 unspecified atom stereocenters. The van der Waals surface area contributed by atoms with Gasteiger partial charge >= 0.3 is 0 Å². The Morgan fingerprint density at radius 2 is 2.54 bits per heavy atom. The number of furan rings is 1. The summed E-state index contributed by atoms with van der Waals surface area (Å²) < 4.78 is 10.4. The summed E-state index contributed by atoms with van der Waals surface area (Å²) in [6.07, 6.45) is 3.61. The van der Waals surface area contributed by atoms with E-state index in [1.807, 2.05) is 6.07 Å². The second-order valence-corrected chi connectivity index (χ2v) is 3.22. The van der Waals surface area contributed by atoms with Crippen LogP contribution in [-0.2, 0) is 16.0 Å². The molecule has 70 valence electrons. The Bertz CT molecular complexity index is 270. The summed E-state index contributed by atoms with van der Waals surface area (Å²) in [7, 11) is 0. The van der Waals surface area contributed by atoms with Gasteiger partial charge in [-0.15, -0.1) is 0 Å². The van der Waals surface area contributed by atoms with Crippen molar-refractivity contribution < 1.29 is 13.9 Å². The molecule has 0 N–H and O–H groups in total. The fourth-order valence-corrected chi connectivity index (χ4v) is 1.53. The van der Waals surface area contributed by atoms with Gasteiger partial charge in [-0.1, -0.05) is 0 Å². The predicted octanol–water partition coefficient (Wildman–Crippen LogP) is 1.57. The zero-order valence-electron chi connectivity index (χ0n) is 7.36. The van der Waals surface area contributed by atoms with Gasteiger partial charge < -0.3 is 9.15 Å². The van der Waals surface area contributed by atoms with Crippen molar-refractivity contribution in [3.63, 3.8) is 0 Å². The number of hydrogen-bond acceptors (Lipinski definition) is 3. The Kier molecular flexibility index (Phi) is 2.45. The lowest BCUT2D eigenvalue weighted by Crippen LogP contribution is -2.20. The standard InChI is InChI=1S/C10H12O3/c11-9(10-4-2-6-13-10)7-8-3-1-5-12-8/h1,3,5,10H,2,4,6-7H2. The van der Waals surface area contributed by atoms with Gasteiger partial charge in [0.1, 0.15) is 11.9 Å². The van der Waals surface area contributed by atoms with E-state index in [4.69, 9.17) is 9.15 Å². The van der Waals surface area contributed by atoms with Gasteiger partial charge in [0.15, 0.2) is 5.78 Å². The average Bonchev–Trinajstić information content (AvgIpc) is 2.74. The molecule has 0 aromatic carbocycles. The molecule has 0 amide bonds. The summed E-state index contributed by atoms with van der Waals surface area (Å²) in [5.41, 5.74) is 0. The first-order valence-electron chi connectivity index (χ1n) is 4.53. The monoisotopic (exact) mass is 180 g/mol. The highest BCUT2D eigenvalue weighted by atomic mass is 16.5. The zero-order valence-corrected chi connectivity index (χ0v) is 7.36. The Labute approximate surface area is 76.7 Å². The molecule has 0 saturated carbocycles. The smallest absolute Gasteiger partial charge is 0.169 e. The molecule has 1 aromatic rings. The quantitative estimate of drug-likeness (QED) is 0.708. The summed E-state index contributed by atoms with van der Waals surface area (Å²) >= 11 is 0. The second kappa shape index (κ2) is 3.75. The third-order valence-corrected chi connectivity index (χ3v) is 2.22. The van der Waals surface area contributed by atoms with Gasteiger partial charge in [-0.05, 0) is 25.0 Å². The highest BCUT2D eigenvalue weighted by molar-refractivity contribution is 5.84. The van der Waals surface area contributed by atoms with Gasteiger partial charge in [-0.2, -0.15) is 0 Å². The van der Waals surface area contributed by atoms with Crippen LogP contribution in [0.1, 0.15) is 18.6 Å². The van der Waals surface area contributed by atoms with E-state index in [0.29, 0.717) is 13.0 Å². The molecule has 1 fully saturated rings. The van der Waals surface area contributed by atoms with Gasteiger partial charge in [0.25, 0.3) is 0 Å². The van der Waals surface area contributed by atoms with Gasteiger partial charge in [0.05, 0.1) is 12.7 Å². The Hall–Kier alpha value is -1.09. The van der Waals surface area contributed by atoms with Crippen LogP contribution in [0.2, 0.25) is 0 Å². The molecule has 13 heavy (non-hydrogen) atoms. The lowest BCUT2D eigenvalue weighted by Gasteiger charge is -2.05. The maximum Gasteiger partial charge on any atom is 0.169 e. The van der Waals surface area contributed by atoms with Crippen LogP contribution in [-0.4, -0.2) is 18.5 Å². The Morgan fingerprint density at radius 3 is 3.15 bits per heavy atom. The summed E-state index contributed by atoms with van der Waals surface area (Å²) in [6, 6.07) is 3.60. The SMILES string of the molecule is O=C(Cc1ccco1)C1CCCO1. The Morgan fingerprint density at radius 1 is 1.62 bits per heavy atom. The summed E-state index contributed by atoms with van der Waals surface area (Å²) in [5, 5.41) is 0. The number of rotatable bonds is 3. The molecule has 0 aliphatic carbocycles. The largest absolute Gasteiger partial charge is 0.469 e. The van der Waals surface area contributed by atoms with Crippen molar-refractivity contribution in [1.82, 2.24) is 0 Å². The molecule has 3 nitrogen and oxygen atoms in total. The molecule has 1 aliphatic heterocycles. The van der Waals surface area contributed by atoms with Crippen molar-refractivity contribution in [1.29, 1.82) is 0 Å². The highest BCUT2D eigenvalue weighted by Crippen LogP contribution is 2.15. The van der Waals surface area contributed by atoms with Crippen LogP contribution in [0.4, 0.5) is 0 Å². The van der Waals surface area contributed by atoms with Gasteiger partial charge in [-0.3, -0.25) is 4.79 Å². The van der Waals surface area contributed by atoms with E-state index in [2.05, 4.69) is 0 Å². The molecule has 2 rings (SSSR count). The minimum atomic E-state index is -0.190. The molecule has 2 heterocycles. The number of ether oxygens (including phenoxy) is 1. The molecule has 1 saturated heterocycles. The fraction of sp³-hybridized carbons (Fsp3) is 0.500. The van der Waals surface area contributed by atoms with E-state index >= 15 is 0 Å². The maximum atomic E-state index is 11.5. The maximum absolute atomic E-state index is 11.5. The van der Waals surface area contributed by atoms with E-state index in [-0.39, 0.29) is 11.9 Å². The van der Waals surface area contributed by atoms with Crippen molar-refractivity contribution in [3.05, 3.63) is 24.2 Å². The number of ketones is 1. The molecular formula is C10H12O3. The Balaban J connectivity index is 1.91. The molecule has 0 radical (unpaired) electrons. The lowest BCUT2D eigenvalue weighted by atomic mass is 10.1. The lowest BCUT2D eigenvalue weighted by molar-refractivity contribution is -0.127.